The van der Waals surface area contributed by atoms with E-state index >= 15 is 0 Å². The largest absolute Gasteiger partial charge is 0.449 e. The van der Waals surface area contributed by atoms with E-state index < -0.39 is 28.0 Å². The van der Waals surface area contributed by atoms with Crippen LogP contribution in [0.25, 0.3) is 0 Å². The maximum atomic E-state index is 12.3. The average molecular weight is 390 g/mol. The molecule has 1 unspecified atom stereocenters. The maximum Gasteiger partial charge on any atom is 0.338 e. The molecule has 0 aliphatic heterocycles. The molecule has 0 aromatic heterocycles. The zero-order valence-corrected chi connectivity index (χ0v) is 16.2. The summed E-state index contributed by atoms with van der Waals surface area (Å²) in [5.74, 6) is -1.26. The zero-order chi connectivity index (χ0) is 20.0. The molecule has 2 aromatic carbocycles. The van der Waals surface area contributed by atoms with Crippen LogP contribution in [0.1, 0.15) is 29.8 Å². The Bertz CT molecular complexity index is 941. The smallest absolute Gasteiger partial charge is 0.338 e. The van der Waals surface area contributed by atoms with Gasteiger partial charge in [0.2, 0.25) is 10.0 Å². The quantitative estimate of drug-likeness (QED) is 0.707. The Morgan fingerprint density at radius 2 is 1.81 bits per heavy atom. The van der Waals surface area contributed by atoms with Crippen LogP contribution in [0.5, 0.6) is 0 Å². The molecule has 8 heteroatoms. The molecule has 0 aliphatic carbocycles. The number of ether oxygens (including phenoxy) is 1. The lowest BCUT2D eigenvalue weighted by atomic mass is 10.2. The van der Waals surface area contributed by atoms with Crippen LogP contribution >= 0.6 is 0 Å². The summed E-state index contributed by atoms with van der Waals surface area (Å²) in [5.41, 5.74) is 1.63. The van der Waals surface area contributed by atoms with Crippen molar-refractivity contribution < 1.29 is 22.7 Å². The number of hydrogen-bond acceptors (Lipinski definition) is 5. The number of carbonyl (C=O) groups excluding carboxylic acids is 2. The van der Waals surface area contributed by atoms with Crippen molar-refractivity contribution in [1.29, 1.82) is 0 Å². The van der Waals surface area contributed by atoms with Crippen molar-refractivity contribution in [3.8, 4) is 0 Å². The minimum absolute atomic E-state index is 0.0455. The molecular formula is C19H22N2O5S. The monoisotopic (exact) mass is 390 g/mol. The lowest BCUT2D eigenvalue weighted by Gasteiger charge is -2.14. The van der Waals surface area contributed by atoms with E-state index in [1.165, 1.54) is 31.2 Å². The Balaban J connectivity index is 2.07. The van der Waals surface area contributed by atoms with E-state index in [4.69, 9.17) is 4.74 Å². The van der Waals surface area contributed by atoms with Gasteiger partial charge in [0, 0.05) is 12.2 Å². The van der Waals surface area contributed by atoms with Crippen LogP contribution in [0.4, 0.5) is 5.69 Å². The number of esters is 1. The van der Waals surface area contributed by atoms with Crippen molar-refractivity contribution in [3.05, 3.63) is 59.7 Å². The van der Waals surface area contributed by atoms with Gasteiger partial charge in [-0.3, -0.25) is 4.79 Å². The highest BCUT2D eigenvalue weighted by atomic mass is 32.2. The third kappa shape index (κ3) is 5.63. The van der Waals surface area contributed by atoms with Gasteiger partial charge in [-0.05, 0) is 49.7 Å². The van der Waals surface area contributed by atoms with Crippen LogP contribution in [0.15, 0.2) is 53.4 Å². The molecular weight excluding hydrogens is 368 g/mol. The van der Waals surface area contributed by atoms with Crippen LogP contribution in [-0.2, 0) is 19.6 Å². The molecule has 27 heavy (non-hydrogen) atoms. The molecule has 2 rings (SSSR count). The molecule has 1 amide bonds. The van der Waals surface area contributed by atoms with E-state index in [2.05, 4.69) is 10.0 Å². The van der Waals surface area contributed by atoms with Gasteiger partial charge < -0.3 is 10.1 Å². The standard InChI is InChI=1S/C19H22N2O5S/c1-4-20-27(24,25)17-10-6-8-15(12-17)19(23)26-14(3)18(22)21-16-9-5-7-13(2)11-16/h5-12,14,20H,4H2,1-3H3,(H,21,22). The minimum atomic E-state index is -3.69. The predicted octanol–water partition coefficient (Wildman–Crippen LogP) is 2.48. The predicted molar refractivity (Wildman–Crippen MR) is 102 cm³/mol. The highest BCUT2D eigenvalue weighted by Gasteiger charge is 2.21. The van der Waals surface area contributed by atoms with Crippen LogP contribution in [0.3, 0.4) is 0 Å². The molecule has 7 nitrogen and oxygen atoms in total. The number of nitrogens with one attached hydrogen (secondary N) is 2. The van der Waals surface area contributed by atoms with E-state index in [1.807, 2.05) is 13.0 Å². The Labute approximate surface area is 158 Å². The second-order valence-corrected chi connectivity index (χ2v) is 7.70. The normalized spacial score (nSPS) is 12.3. The molecule has 144 valence electrons. The number of hydrogen-bond donors (Lipinski definition) is 2. The molecule has 0 heterocycles. The number of aryl methyl sites for hydroxylation is 1. The van der Waals surface area contributed by atoms with Gasteiger partial charge >= 0.3 is 5.97 Å². The molecule has 1 atom stereocenters. The molecule has 0 fully saturated rings. The van der Waals surface area contributed by atoms with Crippen molar-refractivity contribution in [2.75, 3.05) is 11.9 Å². The third-order valence-corrected chi connectivity index (χ3v) is 5.20. The molecule has 0 saturated carbocycles. The van der Waals surface area contributed by atoms with Gasteiger partial charge in [-0.15, -0.1) is 0 Å². The molecule has 0 radical (unpaired) electrons. The third-order valence-electron chi connectivity index (χ3n) is 3.65. The van der Waals surface area contributed by atoms with Crippen LogP contribution in [-0.4, -0.2) is 32.9 Å². The van der Waals surface area contributed by atoms with Crippen LogP contribution in [0.2, 0.25) is 0 Å². The Morgan fingerprint density at radius 3 is 2.48 bits per heavy atom. The number of benzene rings is 2. The Morgan fingerprint density at radius 1 is 1.11 bits per heavy atom. The zero-order valence-electron chi connectivity index (χ0n) is 15.4. The van der Waals surface area contributed by atoms with E-state index in [1.54, 1.807) is 25.1 Å². The van der Waals surface area contributed by atoms with Crippen LogP contribution < -0.4 is 10.0 Å². The summed E-state index contributed by atoms with van der Waals surface area (Å²) in [6.07, 6.45) is -1.05. The summed E-state index contributed by atoms with van der Waals surface area (Å²) < 4.78 is 31.6. The lowest BCUT2D eigenvalue weighted by Crippen LogP contribution is -2.30. The lowest BCUT2D eigenvalue weighted by molar-refractivity contribution is -0.123. The van der Waals surface area contributed by atoms with Gasteiger partial charge in [0.25, 0.3) is 5.91 Å². The SMILES string of the molecule is CCNS(=O)(=O)c1cccc(C(=O)OC(C)C(=O)Nc2cccc(C)c2)c1. The van der Waals surface area contributed by atoms with Crippen molar-refractivity contribution in [2.45, 2.75) is 31.8 Å². The number of rotatable bonds is 7. The summed E-state index contributed by atoms with van der Waals surface area (Å²) in [7, 11) is -3.69. The first-order chi connectivity index (χ1) is 12.7. The molecule has 2 N–H and O–H groups in total. The fraction of sp³-hybridized carbons (Fsp3) is 0.263. The van der Waals surface area contributed by atoms with Crippen molar-refractivity contribution in [1.82, 2.24) is 4.72 Å². The second-order valence-electron chi connectivity index (χ2n) is 5.94. The fourth-order valence-electron chi connectivity index (χ4n) is 2.31. The molecule has 2 aromatic rings. The first-order valence-electron chi connectivity index (χ1n) is 8.41. The summed E-state index contributed by atoms with van der Waals surface area (Å²) >= 11 is 0. The van der Waals surface area contributed by atoms with Gasteiger partial charge in [-0.1, -0.05) is 25.1 Å². The van der Waals surface area contributed by atoms with E-state index in [-0.39, 0.29) is 17.0 Å². The van der Waals surface area contributed by atoms with Gasteiger partial charge in [0.05, 0.1) is 10.5 Å². The van der Waals surface area contributed by atoms with Gasteiger partial charge in [0.1, 0.15) is 0 Å². The van der Waals surface area contributed by atoms with E-state index in [0.29, 0.717) is 5.69 Å². The first kappa shape index (κ1) is 20.6. The fourth-order valence-corrected chi connectivity index (χ4v) is 3.40. The van der Waals surface area contributed by atoms with Crippen molar-refractivity contribution in [2.24, 2.45) is 0 Å². The molecule has 0 saturated heterocycles. The molecule has 0 spiro atoms. The summed E-state index contributed by atoms with van der Waals surface area (Å²) in [6, 6.07) is 12.7. The van der Waals surface area contributed by atoms with E-state index in [0.717, 1.165) is 5.56 Å². The summed E-state index contributed by atoms with van der Waals surface area (Å²) in [4.78, 5) is 24.4. The minimum Gasteiger partial charge on any atom is -0.449 e. The van der Waals surface area contributed by atoms with E-state index in [9.17, 15) is 18.0 Å². The second kappa shape index (κ2) is 8.79. The highest BCUT2D eigenvalue weighted by molar-refractivity contribution is 7.89. The van der Waals surface area contributed by atoms with Crippen molar-refractivity contribution >= 4 is 27.6 Å². The average Bonchev–Trinajstić information content (AvgIpc) is 2.61. The Kier molecular flexibility index (Phi) is 6.70. The van der Waals surface area contributed by atoms with Gasteiger partial charge in [0.15, 0.2) is 6.10 Å². The van der Waals surface area contributed by atoms with Gasteiger partial charge in [-0.25, -0.2) is 17.9 Å². The maximum absolute atomic E-state index is 12.3. The van der Waals surface area contributed by atoms with Crippen molar-refractivity contribution in [3.63, 3.8) is 0 Å². The Hall–Kier alpha value is -2.71. The number of sulfonamides is 1. The number of carbonyl (C=O) groups is 2. The first-order valence-corrected chi connectivity index (χ1v) is 9.89. The molecule has 0 bridgehead atoms. The highest BCUT2D eigenvalue weighted by Crippen LogP contribution is 2.14. The summed E-state index contributed by atoms with van der Waals surface area (Å²) in [6.45, 7) is 5.23. The number of anilines is 1. The topological polar surface area (TPSA) is 102 Å². The van der Waals surface area contributed by atoms with Crippen LogP contribution in [0, 0.1) is 6.92 Å². The summed E-state index contributed by atoms with van der Waals surface area (Å²) in [5, 5.41) is 2.67. The number of amides is 1. The van der Waals surface area contributed by atoms with Gasteiger partial charge in [-0.2, -0.15) is 0 Å². The molecule has 0 aliphatic rings.